The van der Waals surface area contributed by atoms with Gasteiger partial charge in [0.25, 0.3) is 0 Å². The van der Waals surface area contributed by atoms with Gasteiger partial charge in [-0.15, -0.1) is 11.3 Å². The Balaban J connectivity index is 1.67. The van der Waals surface area contributed by atoms with Crippen molar-refractivity contribution in [1.29, 1.82) is 0 Å². The molecule has 0 bridgehead atoms. The number of benzene rings is 1. The molecule has 3 aromatic heterocycles. The number of hydrogen-bond acceptors (Lipinski definition) is 4. The Bertz CT molecular complexity index is 944. The van der Waals surface area contributed by atoms with Crippen LogP contribution in [0.1, 0.15) is 0 Å². The van der Waals surface area contributed by atoms with Crippen molar-refractivity contribution < 1.29 is 4.39 Å². The zero-order chi connectivity index (χ0) is 14.9. The number of aromatic nitrogens is 3. The van der Waals surface area contributed by atoms with E-state index in [-0.39, 0.29) is 5.82 Å². The van der Waals surface area contributed by atoms with Gasteiger partial charge in [-0.25, -0.2) is 14.4 Å². The molecular weight excluding hydrogens is 299 g/mol. The van der Waals surface area contributed by atoms with Gasteiger partial charge in [0.15, 0.2) is 5.13 Å². The molecule has 4 aromatic rings. The lowest BCUT2D eigenvalue weighted by molar-refractivity contribution is 0.628. The van der Waals surface area contributed by atoms with Crippen molar-refractivity contribution in [3.63, 3.8) is 0 Å². The summed E-state index contributed by atoms with van der Waals surface area (Å²) in [5, 5.41) is 5.78. The highest BCUT2D eigenvalue weighted by Crippen LogP contribution is 2.27. The van der Waals surface area contributed by atoms with Crippen molar-refractivity contribution in [2.75, 3.05) is 5.32 Å². The van der Waals surface area contributed by atoms with Gasteiger partial charge in [0, 0.05) is 17.3 Å². The van der Waals surface area contributed by atoms with Crippen LogP contribution in [-0.2, 0) is 0 Å². The van der Waals surface area contributed by atoms with Gasteiger partial charge in [-0.3, -0.25) is 4.40 Å². The first-order chi connectivity index (χ1) is 10.8. The van der Waals surface area contributed by atoms with Gasteiger partial charge in [-0.1, -0.05) is 12.1 Å². The average molecular weight is 310 g/mol. The quantitative estimate of drug-likeness (QED) is 0.612. The lowest BCUT2D eigenvalue weighted by Gasteiger charge is -2.01. The molecule has 0 unspecified atom stereocenters. The molecule has 0 aliphatic carbocycles. The SMILES string of the molecule is Fc1cccc(Nc2nc(-c3cnc4ccccn34)cs2)c1. The molecule has 3 heterocycles. The monoisotopic (exact) mass is 310 g/mol. The van der Waals surface area contributed by atoms with Crippen LogP contribution in [-0.4, -0.2) is 14.4 Å². The molecule has 4 rings (SSSR count). The molecule has 1 aromatic carbocycles. The van der Waals surface area contributed by atoms with Crippen LogP contribution in [0.25, 0.3) is 17.0 Å². The first-order valence-electron chi connectivity index (χ1n) is 6.70. The Labute approximate surface area is 129 Å². The van der Waals surface area contributed by atoms with Gasteiger partial charge in [0.05, 0.1) is 11.9 Å². The molecule has 108 valence electrons. The van der Waals surface area contributed by atoms with Crippen molar-refractivity contribution in [1.82, 2.24) is 14.4 Å². The van der Waals surface area contributed by atoms with Crippen molar-refractivity contribution in [3.05, 3.63) is 66.1 Å². The number of hydrogen-bond donors (Lipinski definition) is 1. The molecule has 0 aliphatic rings. The fraction of sp³-hybridized carbons (Fsp3) is 0. The van der Waals surface area contributed by atoms with E-state index in [4.69, 9.17) is 0 Å². The van der Waals surface area contributed by atoms with Crippen molar-refractivity contribution in [2.45, 2.75) is 0 Å². The van der Waals surface area contributed by atoms with Crippen LogP contribution in [0.4, 0.5) is 15.2 Å². The second-order valence-electron chi connectivity index (χ2n) is 4.75. The maximum atomic E-state index is 13.2. The zero-order valence-corrected chi connectivity index (χ0v) is 12.2. The third-order valence-corrected chi connectivity index (χ3v) is 4.02. The number of fused-ring (bicyclic) bond motifs is 1. The third-order valence-electron chi connectivity index (χ3n) is 3.26. The fourth-order valence-corrected chi connectivity index (χ4v) is 2.99. The predicted molar refractivity (Wildman–Crippen MR) is 86.0 cm³/mol. The summed E-state index contributed by atoms with van der Waals surface area (Å²) in [6.07, 6.45) is 3.76. The van der Waals surface area contributed by atoms with E-state index in [0.717, 1.165) is 17.0 Å². The molecular formula is C16H11FN4S. The minimum Gasteiger partial charge on any atom is -0.331 e. The summed E-state index contributed by atoms with van der Waals surface area (Å²) in [5.74, 6) is -0.274. The van der Waals surface area contributed by atoms with Crippen LogP contribution in [0, 0.1) is 5.82 Å². The van der Waals surface area contributed by atoms with Crippen LogP contribution in [0.5, 0.6) is 0 Å². The molecule has 0 saturated heterocycles. The first kappa shape index (κ1) is 13.0. The largest absolute Gasteiger partial charge is 0.331 e. The number of imidazole rings is 1. The molecule has 0 spiro atoms. The van der Waals surface area contributed by atoms with E-state index in [0.29, 0.717) is 10.8 Å². The summed E-state index contributed by atoms with van der Waals surface area (Å²) < 4.78 is 15.2. The van der Waals surface area contributed by atoms with Crippen LogP contribution in [0.3, 0.4) is 0 Å². The molecule has 22 heavy (non-hydrogen) atoms. The Kier molecular flexibility index (Phi) is 3.08. The Morgan fingerprint density at radius 1 is 1.14 bits per heavy atom. The maximum absolute atomic E-state index is 13.2. The lowest BCUT2D eigenvalue weighted by Crippen LogP contribution is -1.91. The second-order valence-corrected chi connectivity index (χ2v) is 5.60. The topological polar surface area (TPSA) is 42.2 Å². The highest BCUT2D eigenvalue weighted by molar-refractivity contribution is 7.14. The molecule has 0 saturated carbocycles. The smallest absolute Gasteiger partial charge is 0.187 e. The maximum Gasteiger partial charge on any atom is 0.187 e. The number of nitrogens with zero attached hydrogens (tertiary/aromatic N) is 3. The van der Waals surface area contributed by atoms with Crippen molar-refractivity contribution >= 4 is 27.8 Å². The molecule has 0 radical (unpaired) electrons. The number of pyridine rings is 1. The molecule has 0 fully saturated rings. The molecule has 0 aliphatic heterocycles. The zero-order valence-electron chi connectivity index (χ0n) is 11.4. The van der Waals surface area contributed by atoms with E-state index in [1.807, 2.05) is 34.2 Å². The molecule has 6 heteroatoms. The number of thiazole rings is 1. The van der Waals surface area contributed by atoms with E-state index in [1.165, 1.54) is 23.5 Å². The Hall–Kier alpha value is -2.73. The van der Waals surface area contributed by atoms with E-state index in [2.05, 4.69) is 15.3 Å². The summed E-state index contributed by atoms with van der Waals surface area (Å²) in [7, 11) is 0. The van der Waals surface area contributed by atoms with Crippen molar-refractivity contribution in [2.24, 2.45) is 0 Å². The third kappa shape index (κ3) is 2.33. The standard InChI is InChI=1S/C16H11FN4S/c17-11-4-3-5-12(8-11)19-16-20-13(10-22-16)14-9-18-15-6-1-2-7-21(14)15/h1-10H,(H,19,20). The van der Waals surface area contributed by atoms with Crippen LogP contribution >= 0.6 is 11.3 Å². The van der Waals surface area contributed by atoms with Crippen LogP contribution in [0.15, 0.2) is 60.2 Å². The Morgan fingerprint density at radius 2 is 2.09 bits per heavy atom. The summed E-state index contributed by atoms with van der Waals surface area (Å²) in [4.78, 5) is 8.91. The van der Waals surface area contributed by atoms with Gasteiger partial charge in [0.2, 0.25) is 0 Å². The van der Waals surface area contributed by atoms with Crippen LogP contribution < -0.4 is 5.32 Å². The average Bonchev–Trinajstić information content (AvgIpc) is 3.13. The number of nitrogens with one attached hydrogen (secondary N) is 1. The number of halogens is 1. The molecule has 0 atom stereocenters. The summed E-state index contributed by atoms with van der Waals surface area (Å²) >= 11 is 1.47. The second kappa shape index (κ2) is 5.23. The van der Waals surface area contributed by atoms with Crippen LogP contribution in [0.2, 0.25) is 0 Å². The first-order valence-corrected chi connectivity index (χ1v) is 7.58. The van der Waals surface area contributed by atoms with Crippen molar-refractivity contribution in [3.8, 4) is 11.4 Å². The van der Waals surface area contributed by atoms with Gasteiger partial charge < -0.3 is 5.32 Å². The molecule has 1 N–H and O–H groups in total. The predicted octanol–water partition coefficient (Wildman–Crippen LogP) is 4.34. The molecule has 0 amide bonds. The Morgan fingerprint density at radius 3 is 3.00 bits per heavy atom. The number of rotatable bonds is 3. The van der Waals surface area contributed by atoms with Gasteiger partial charge >= 0.3 is 0 Å². The lowest BCUT2D eigenvalue weighted by atomic mass is 10.3. The molecule has 4 nitrogen and oxygen atoms in total. The highest BCUT2D eigenvalue weighted by atomic mass is 32.1. The van der Waals surface area contributed by atoms with E-state index < -0.39 is 0 Å². The minimum absolute atomic E-state index is 0.274. The summed E-state index contributed by atoms with van der Waals surface area (Å²) in [5.41, 5.74) is 3.32. The van der Waals surface area contributed by atoms with Gasteiger partial charge in [0.1, 0.15) is 17.2 Å². The van der Waals surface area contributed by atoms with Gasteiger partial charge in [-0.2, -0.15) is 0 Å². The summed E-state index contributed by atoms with van der Waals surface area (Å²) in [6.45, 7) is 0. The highest BCUT2D eigenvalue weighted by Gasteiger charge is 2.09. The van der Waals surface area contributed by atoms with E-state index >= 15 is 0 Å². The summed E-state index contributed by atoms with van der Waals surface area (Å²) in [6, 6.07) is 12.2. The minimum atomic E-state index is -0.274. The van der Waals surface area contributed by atoms with Gasteiger partial charge in [-0.05, 0) is 30.3 Å². The fourth-order valence-electron chi connectivity index (χ4n) is 2.26. The van der Waals surface area contributed by atoms with E-state index in [9.17, 15) is 4.39 Å². The normalized spacial score (nSPS) is 11.0. The number of anilines is 2. The van der Waals surface area contributed by atoms with E-state index in [1.54, 1.807) is 18.3 Å².